The van der Waals surface area contributed by atoms with E-state index >= 15 is 0 Å². The number of anilines is 1. The fourth-order valence-corrected chi connectivity index (χ4v) is 3.73. The zero-order valence-corrected chi connectivity index (χ0v) is 17.6. The third-order valence-corrected chi connectivity index (χ3v) is 5.33. The summed E-state index contributed by atoms with van der Waals surface area (Å²) >= 11 is 0. The summed E-state index contributed by atoms with van der Waals surface area (Å²) in [5, 5.41) is 9.13. The molecule has 3 rings (SSSR count). The van der Waals surface area contributed by atoms with Gasteiger partial charge in [-0.2, -0.15) is 0 Å². The number of hydrogen-bond acceptors (Lipinski definition) is 3. The number of hydrogen-bond donors (Lipinski definition) is 3. The van der Waals surface area contributed by atoms with Crippen LogP contribution in [0.25, 0.3) is 0 Å². The zero-order valence-electron chi connectivity index (χ0n) is 17.6. The van der Waals surface area contributed by atoms with Gasteiger partial charge in [-0.05, 0) is 43.5 Å². The van der Waals surface area contributed by atoms with E-state index in [4.69, 9.17) is 0 Å². The van der Waals surface area contributed by atoms with Gasteiger partial charge in [-0.25, -0.2) is 4.39 Å². The van der Waals surface area contributed by atoms with Gasteiger partial charge in [0, 0.05) is 37.9 Å². The van der Waals surface area contributed by atoms with Crippen LogP contribution in [-0.2, 0) is 11.3 Å². The van der Waals surface area contributed by atoms with Gasteiger partial charge in [0.2, 0.25) is 5.91 Å². The van der Waals surface area contributed by atoms with Crippen molar-refractivity contribution in [2.75, 3.05) is 25.5 Å². The van der Waals surface area contributed by atoms with Crippen LogP contribution >= 0.6 is 0 Å². The molecule has 3 N–H and O–H groups in total. The molecule has 0 radical (unpaired) electrons. The average molecular weight is 412 g/mol. The van der Waals surface area contributed by atoms with Gasteiger partial charge in [-0.1, -0.05) is 36.4 Å². The van der Waals surface area contributed by atoms with Crippen LogP contribution in [0.2, 0.25) is 0 Å². The summed E-state index contributed by atoms with van der Waals surface area (Å²) in [5.41, 5.74) is 1.77. The summed E-state index contributed by atoms with van der Waals surface area (Å²) in [6.45, 7) is 4.27. The highest BCUT2D eigenvalue weighted by molar-refractivity contribution is 5.95. The molecule has 6 nitrogen and oxygen atoms in total. The normalized spacial score (nSPS) is 19.9. The molecule has 1 heterocycles. The maximum absolute atomic E-state index is 13.2. The number of benzene rings is 2. The number of guanidine groups is 1. The highest BCUT2D eigenvalue weighted by Crippen LogP contribution is 2.20. The monoisotopic (exact) mass is 411 g/mol. The van der Waals surface area contributed by atoms with Crippen LogP contribution in [0.5, 0.6) is 0 Å². The first-order chi connectivity index (χ1) is 14.5. The predicted octanol–water partition coefficient (Wildman–Crippen LogP) is 2.98. The summed E-state index contributed by atoms with van der Waals surface area (Å²) in [5.74, 6) is -0.0429. The van der Waals surface area contributed by atoms with E-state index in [0.717, 1.165) is 25.9 Å². The number of nitrogens with zero attached hydrogens (tertiary/aromatic N) is 2. The van der Waals surface area contributed by atoms with E-state index in [2.05, 4.69) is 57.0 Å². The van der Waals surface area contributed by atoms with E-state index in [1.165, 1.54) is 17.7 Å². The van der Waals surface area contributed by atoms with Crippen LogP contribution in [0.4, 0.5) is 10.1 Å². The van der Waals surface area contributed by atoms with Crippen molar-refractivity contribution in [2.24, 2.45) is 4.99 Å². The van der Waals surface area contributed by atoms with E-state index in [9.17, 15) is 9.18 Å². The number of rotatable bonds is 6. The Kier molecular flexibility index (Phi) is 7.79. The van der Waals surface area contributed by atoms with Gasteiger partial charge in [0.05, 0.1) is 6.54 Å². The smallest absolute Gasteiger partial charge is 0.243 e. The van der Waals surface area contributed by atoms with Crippen molar-refractivity contribution in [3.05, 3.63) is 66.0 Å². The van der Waals surface area contributed by atoms with Gasteiger partial charge in [-0.3, -0.25) is 14.7 Å². The lowest BCUT2D eigenvalue weighted by Gasteiger charge is -2.38. The van der Waals surface area contributed by atoms with Gasteiger partial charge >= 0.3 is 0 Å². The number of amides is 1. The minimum atomic E-state index is -0.383. The molecule has 1 amide bonds. The Balaban J connectivity index is 1.43. The molecule has 2 atom stereocenters. The molecule has 160 valence electrons. The Morgan fingerprint density at radius 3 is 2.70 bits per heavy atom. The highest BCUT2D eigenvalue weighted by atomic mass is 19.1. The Morgan fingerprint density at radius 2 is 2.00 bits per heavy atom. The number of aliphatic imine (C=N–C) groups is 1. The molecule has 0 spiro atoms. The first-order valence-electron chi connectivity index (χ1n) is 10.3. The third kappa shape index (κ3) is 6.56. The number of carbonyl (C=O) groups excluding carboxylic acids is 1. The van der Waals surface area contributed by atoms with Crippen LogP contribution < -0.4 is 16.0 Å². The molecule has 0 aliphatic carbocycles. The van der Waals surface area contributed by atoms with Gasteiger partial charge < -0.3 is 16.0 Å². The van der Waals surface area contributed by atoms with Gasteiger partial charge in [-0.15, -0.1) is 0 Å². The zero-order chi connectivity index (χ0) is 21.3. The highest BCUT2D eigenvalue weighted by Gasteiger charge is 2.26. The second-order valence-corrected chi connectivity index (χ2v) is 7.66. The Bertz CT molecular complexity index is 858. The van der Waals surface area contributed by atoms with Crippen molar-refractivity contribution in [3.8, 4) is 0 Å². The molecule has 1 saturated heterocycles. The van der Waals surface area contributed by atoms with Gasteiger partial charge in [0.15, 0.2) is 5.96 Å². The molecule has 1 fully saturated rings. The molecule has 0 aromatic heterocycles. The first kappa shape index (κ1) is 21.8. The van der Waals surface area contributed by atoms with Crippen molar-refractivity contribution in [1.29, 1.82) is 0 Å². The van der Waals surface area contributed by atoms with E-state index in [-0.39, 0.29) is 18.3 Å². The molecular formula is C23H30FN5O. The molecular weight excluding hydrogens is 381 g/mol. The summed E-state index contributed by atoms with van der Waals surface area (Å²) in [4.78, 5) is 18.8. The molecule has 2 aromatic carbocycles. The fraction of sp³-hybridized carbons (Fsp3) is 0.391. The third-order valence-electron chi connectivity index (χ3n) is 5.33. The number of nitrogens with one attached hydrogen (secondary N) is 3. The largest absolute Gasteiger partial charge is 0.354 e. The molecule has 0 saturated carbocycles. The Morgan fingerprint density at radius 1 is 1.20 bits per heavy atom. The molecule has 1 aliphatic heterocycles. The van der Waals surface area contributed by atoms with Crippen LogP contribution in [-0.4, -0.2) is 49.0 Å². The molecule has 2 aromatic rings. The second kappa shape index (κ2) is 10.7. The lowest BCUT2D eigenvalue weighted by molar-refractivity contribution is -0.115. The topological polar surface area (TPSA) is 68.8 Å². The molecule has 2 unspecified atom stereocenters. The second-order valence-electron chi connectivity index (χ2n) is 7.66. The van der Waals surface area contributed by atoms with Gasteiger partial charge in [0.25, 0.3) is 0 Å². The Hall–Kier alpha value is -2.93. The maximum Gasteiger partial charge on any atom is 0.243 e. The number of halogens is 1. The van der Waals surface area contributed by atoms with E-state index in [0.29, 0.717) is 23.7 Å². The standard InChI is InChI=1S/C23H30FN5O/c1-17-13-21(11-12-29(17)16-18-7-4-3-5-8-18)28-23(25-2)26-15-22(30)27-20-10-6-9-19(24)14-20/h3-10,14,17,21H,11-13,15-16H2,1-2H3,(H,27,30)(H2,25,26,28). The summed E-state index contributed by atoms with van der Waals surface area (Å²) in [7, 11) is 1.69. The summed E-state index contributed by atoms with van der Waals surface area (Å²) in [6, 6.07) is 17.1. The summed E-state index contributed by atoms with van der Waals surface area (Å²) in [6.07, 6.45) is 2.01. The van der Waals surface area contributed by atoms with Crippen LogP contribution in [0.3, 0.4) is 0 Å². The number of likely N-dealkylation sites (tertiary alicyclic amines) is 1. The van der Waals surface area contributed by atoms with Crippen molar-refractivity contribution in [3.63, 3.8) is 0 Å². The lowest BCUT2D eigenvalue weighted by Crippen LogP contribution is -2.52. The van der Waals surface area contributed by atoms with Crippen LogP contribution in [0.15, 0.2) is 59.6 Å². The molecule has 0 bridgehead atoms. The predicted molar refractivity (Wildman–Crippen MR) is 119 cm³/mol. The maximum atomic E-state index is 13.2. The summed E-state index contributed by atoms with van der Waals surface area (Å²) < 4.78 is 13.2. The van der Waals surface area contributed by atoms with E-state index in [1.807, 2.05) is 6.07 Å². The lowest BCUT2D eigenvalue weighted by atomic mass is 9.97. The Labute approximate surface area is 177 Å². The molecule has 1 aliphatic rings. The van der Waals surface area contributed by atoms with Crippen molar-refractivity contribution >= 4 is 17.6 Å². The fourth-order valence-electron chi connectivity index (χ4n) is 3.73. The minimum Gasteiger partial charge on any atom is -0.354 e. The SMILES string of the molecule is CN=C(NCC(=O)Nc1cccc(F)c1)NC1CCN(Cc2ccccc2)C(C)C1. The minimum absolute atomic E-state index is 0.0542. The van der Waals surface area contributed by atoms with Crippen molar-refractivity contribution in [1.82, 2.24) is 15.5 Å². The number of piperidine rings is 1. The molecule has 30 heavy (non-hydrogen) atoms. The number of carbonyl (C=O) groups is 1. The van der Waals surface area contributed by atoms with E-state index in [1.54, 1.807) is 19.2 Å². The first-order valence-corrected chi connectivity index (χ1v) is 10.3. The van der Waals surface area contributed by atoms with Crippen LogP contribution in [0.1, 0.15) is 25.3 Å². The molecule has 7 heteroatoms. The quantitative estimate of drug-likeness (QED) is 0.505. The average Bonchev–Trinajstić information content (AvgIpc) is 2.74. The van der Waals surface area contributed by atoms with Crippen LogP contribution in [0, 0.1) is 5.82 Å². The van der Waals surface area contributed by atoms with Crippen molar-refractivity contribution in [2.45, 2.75) is 38.4 Å². The van der Waals surface area contributed by atoms with E-state index < -0.39 is 0 Å². The van der Waals surface area contributed by atoms with Crippen molar-refractivity contribution < 1.29 is 9.18 Å². The van der Waals surface area contributed by atoms with Gasteiger partial charge in [0.1, 0.15) is 5.82 Å².